The number of H-pyrrole nitrogens is 1. The van der Waals surface area contributed by atoms with Crippen molar-refractivity contribution in [2.24, 2.45) is 0 Å². The van der Waals surface area contributed by atoms with Crippen LogP contribution in [0.1, 0.15) is 11.4 Å². The lowest BCUT2D eigenvalue weighted by Crippen LogP contribution is -2.30. The van der Waals surface area contributed by atoms with E-state index in [2.05, 4.69) is 9.97 Å². The van der Waals surface area contributed by atoms with Crippen LogP contribution in [0.3, 0.4) is 0 Å². The van der Waals surface area contributed by atoms with Crippen molar-refractivity contribution < 1.29 is 9.47 Å². The van der Waals surface area contributed by atoms with E-state index in [1.165, 1.54) is 0 Å². The Bertz CT molecular complexity index is 414. The van der Waals surface area contributed by atoms with Gasteiger partial charge in [0.2, 0.25) is 0 Å². The van der Waals surface area contributed by atoms with Crippen LogP contribution in [0.2, 0.25) is 0 Å². The minimum absolute atomic E-state index is 0.0734. The van der Waals surface area contributed by atoms with E-state index in [9.17, 15) is 0 Å². The van der Waals surface area contributed by atoms with Gasteiger partial charge in [-0.25, -0.2) is 4.98 Å². The van der Waals surface area contributed by atoms with Crippen molar-refractivity contribution >= 4 is 17.8 Å². The molecule has 1 aromatic rings. The highest BCUT2D eigenvalue weighted by atomic mass is 32.2. The van der Waals surface area contributed by atoms with E-state index in [-0.39, 0.29) is 6.10 Å². The van der Waals surface area contributed by atoms with Crippen LogP contribution in [-0.4, -0.2) is 35.5 Å². The standard InChI is InChI=1S/C10H12N2O2S/c1-15-10-11-6-4-8-9(5-7(6)12-10)14-3-2-13-8/h4,9H,2-3,5H2,1H3,(H,11,12). The molecule has 2 aliphatic rings. The average molecular weight is 224 g/mol. The van der Waals surface area contributed by atoms with Gasteiger partial charge in [0.1, 0.15) is 18.5 Å². The largest absolute Gasteiger partial charge is 0.493 e. The van der Waals surface area contributed by atoms with E-state index in [0.29, 0.717) is 13.2 Å². The lowest BCUT2D eigenvalue weighted by molar-refractivity contribution is -0.0412. The van der Waals surface area contributed by atoms with Crippen LogP contribution in [0.5, 0.6) is 0 Å². The number of rotatable bonds is 1. The van der Waals surface area contributed by atoms with Gasteiger partial charge in [-0.15, -0.1) is 0 Å². The molecule has 0 saturated carbocycles. The smallest absolute Gasteiger partial charge is 0.165 e. The fraction of sp³-hybridized carbons (Fsp3) is 0.500. The van der Waals surface area contributed by atoms with Crippen molar-refractivity contribution in [3.05, 3.63) is 17.1 Å². The van der Waals surface area contributed by atoms with E-state index in [1.54, 1.807) is 11.8 Å². The van der Waals surface area contributed by atoms with Gasteiger partial charge in [0.25, 0.3) is 0 Å². The van der Waals surface area contributed by atoms with Gasteiger partial charge in [0.05, 0.1) is 18.0 Å². The first-order valence-corrected chi connectivity index (χ1v) is 6.18. The number of aromatic nitrogens is 2. The zero-order valence-electron chi connectivity index (χ0n) is 8.45. The molecule has 0 amide bonds. The van der Waals surface area contributed by atoms with E-state index in [4.69, 9.17) is 9.47 Å². The maximum Gasteiger partial charge on any atom is 0.165 e. The third-order valence-electron chi connectivity index (χ3n) is 2.64. The maximum atomic E-state index is 5.63. The van der Waals surface area contributed by atoms with Crippen molar-refractivity contribution in [1.82, 2.24) is 9.97 Å². The molecule has 0 bridgehead atoms. The molecule has 5 heteroatoms. The Labute approximate surface area is 92.1 Å². The lowest BCUT2D eigenvalue weighted by atomic mass is 10.0. The van der Waals surface area contributed by atoms with Gasteiger partial charge in [-0.2, -0.15) is 0 Å². The van der Waals surface area contributed by atoms with Gasteiger partial charge < -0.3 is 14.5 Å². The summed E-state index contributed by atoms with van der Waals surface area (Å²) in [4.78, 5) is 7.74. The SMILES string of the molecule is CSc1nc2c([nH]1)C=C1OCCOC1C2. The molecule has 1 aromatic heterocycles. The lowest BCUT2D eigenvalue weighted by Gasteiger charge is -2.28. The molecule has 3 rings (SSSR count). The maximum absolute atomic E-state index is 5.63. The topological polar surface area (TPSA) is 47.1 Å². The van der Waals surface area contributed by atoms with Crippen LogP contribution >= 0.6 is 11.8 Å². The minimum Gasteiger partial charge on any atom is -0.493 e. The summed E-state index contributed by atoms with van der Waals surface area (Å²) >= 11 is 1.62. The summed E-state index contributed by atoms with van der Waals surface area (Å²) in [5.74, 6) is 0.935. The number of fused-ring (bicyclic) bond motifs is 2. The molecule has 2 heterocycles. The van der Waals surface area contributed by atoms with Crippen molar-refractivity contribution in [3.8, 4) is 0 Å². The van der Waals surface area contributed by atoms with Crippen molar-refractivity contribution in [1.29, 1.82) is 0 Å². The molecule has 1 saturated heterocycles. The molecule has 1 N–H and O–H groups in total. The Kier molecular flexibility index (Phi) is 2.21. The predicted molar refractivity (Wildman–Crippen MR) is 57.7 cm³/mol. The van der Waals surface area contributed by atoms with Gasteiger partial charge >= 0.3 is 0 Å². The highest BCUT2D eigenvalue weighted by Gasteiger charge is 2.28. The molecule has 0 radical (unpaired) electrons. The van der Waals surface area contributed by atoms with Gasteiger partial charge in [-0.05, 0) is 6.26 Å². The average Bonchev–Trinajstić information content (AvgIpc) is 2.67. The fourth-order valence-corrected chi connectivity index (χ4v) is 2.32. The predicted octanol–water partition coefficient (Wildman–Crippen LogP) is 1.44. The Morgan fingerprint density at radius 1 is 1.53 bits per heavy atom. The summed E-state index contributed by atoms with van der Waals surface area (Å²) in [6.45, 7) is 1.33. The molecule has 15 heavy (non-hydrogen) atoms. The monoisotopic (exact) mass is 224 g/mol. The second-order valence-electron chi connectivity index (χ2n) is 3.57. The second-order valence-corrected chi connectivity index (χ2v) is 4.36. The van der Waals surface area contributed by atoms with Crippen LogP contribution in [0, 0.1) is 0 Å². The number of thioether (sulfide) groups is 1. The summed E-state index contributed by atoms with van der Waals surface area (Å²) in [5.41, 5.74) is 2.15. The first kappa shape index (κ1) is 9.30. The molecule has 1 aliphatic carbocycles. The van der Waals surface area contributed by atoms with E-state index >= 15 is 0 Å². The fourth-order valence-electron chi connectivity index (χ4n) is 1.91. The molecule has 1 unspecified atom stereocenters. The Hall–Kier alpha value is -0.940. The number of nitrogens with zero attached hydrogens (tertiary/aromatic N) is 1. The van der Waals surface area contributed by atoms with Crippen LogP contribution in [0.4, 0.5) is 0 Å². The van der Waals surface area contributed by atoms with Crippen molar-refractivity contribution in [2.45, 2.75) is 17.7 Å². The molecule has 4 nitrogen and oxygen atoms in total. The third kappa shape index (κ3) is 1.55. The molecule has 0 spiro atoms. The summed E-state index contributed by atoms with van der Waals surface area (Å²) in [6.07, 6.45) is 4.91. The van der Waals surface area contributed by atoms with Gasteiger partial charge in [0, 0.05) is 12.5 Å². The molecule has 1 fully saturated rings. The number of aromatic amines is 1. The van der Waals surface area contributed by atoms with Gasteiger partial charge in [-0.3, -0.25) is 0 Å². The summed E-state index contributed by atoms with van der Waals surface area (Å²) in [6, 6.07) is 0. The van der Waals surface area contributed by atoms with Crippen LogP contribution in [-0.2, 0) is 15.9 Å². The first-order chi connectivity index (χ1) is 7.36. The number of hydrogen-bond acceptors (Lipinski definition) is 4. The first-order valence-electron chi connectivity index (χ1n) is 4.95. The van der Waals surface area contributed by atoms with Crippen molar-refractivity contribution in [2.75, 3.05) is 19.5 Å². The number of hydrogen-bond donors (Lipinski definition) is 1. The normalized spacial score (nSPS) is 23.8. The van der Waals surface area contributed by atoms with E-state index in [0.717, 1.165) is 28.7 Å². The minimum atomic E-state index is 0.0734. The molecule has 80 valence electrons. The second kappa shape index (κ2) is 3.57. The summed E-state index contributed by atoms with van der Waals surface area (Å²) in [5, 5.41) is 0.954. The zero-order chi connectivity index (χ0) is 10.3. The summed E-state index contributed by atoms with van der Waals surface area (Å²) < 4.78 is 11.2. The molecular formula is C10H12N2O2S. The van der Waals surface area contributed by atoms with Crippen molar-refractivity contribution in [3.63, 3.8) is 0 Å². The van der Waals surface area contributed by atoms with Crippen LogP contribution < -0.4 is 0 Å². The highest BCUT2D eigenvalue weighted by Crippen LogP contribution is 2.28. The molecule has 1 aliphatic heterocycles. The van der Waals surface area contributed by atoms with Gasteiger partial charge in [0.15, 0.2) is 5.16 Å². The van der Waals surface area contributed by atoms with E-state index < -0.39 is 0 Å². The number of nitrogens with one attached hydrogen (secondary N) is 1. The third-order valence-corrected chi connectivity index (χ3v) is 3.22. The van der Waals surface area contributed by atoms with Crippen LogP contribution in [0.15, 0.2) is 10.9 Å². The van der Waals surface area contributed by atoms with E-state index in [1.807, 2.05) is 12.3 Å². The number of ether oxygens (including phenoxy) is 2. The Morgan fingerprint density at radius 3 is 3.33 bits per heavy atom. The highest BCUT2D eigenvalue weighted by molar-refractivity contribution is 7.98. The molecule has 1 atom stereocenters. The molecular weight excluding hydrogens is 212 g/mol. The number of imidazole rings is 1. The van der Waals surface area contributed by atoms with Crippen LogP contribution in [0.25, 0.3) is 6.08 Å². The Morgan fingerprint density at radius 2 is 2.47 bits per heavy atom. The van der Waals surface area contributed by atoms with Gasteiger partial charge in [-0.1, -0.05) is 11.8 Å². The Balaban J connectivity index is 1.97. The summed E-state index contributed by atoms with van der Waals surface area (Å²) in [7, 11) is 0. The molecule has 0 aromatic carbocycles. The zero-order valence-corrected chi connectivity index (χ0v) is 9.26. The quantitative estimate of drug-likeness (QED) is 0.733.